The van der Waals surface area contributed by atoms with E-state index >= 15 is 0 Å². The van der Waals surface area contributed by atoms with Gasteiger partial charge >= 0.3 is 0 Å². The maximum atomic E-state index is 13.1. The maximum absolute atomic E-state index is 13.1. The van der Waals surface area contributed by atoms with Crippen LogP contribution in [-0.2, 0) is 9.84 Å². The fraction of sp³-hybridized carbons (Fsp3) is 0.400. The first kappa shape index (κ1) is 12.1. The van der Waals surface area contributed by atoms with E-state index < -0.39 is 16.0 Å². The lowest BCUT2D eigenvalue weighted by atomic mass is 10.1. The Hall–Kier alpha value is -0.940. The zero-order valence-electron chi connectivity index (χ0n) is 8.48. The number of hydrogen-bond acceptors (Lipinski definition) is 3. The number of halogens is 1. The molecule has 0 bridgehead atoms. The van der Waals surface area contributed by atoms with Crippen LogP contribution in [0.4, 0.5) is 4.39 Å². The molecule has 0 fully saturated rings. The molecule has 15 heavy (non-hydrogen) atoms. The standard InChI is InChI=1S/C10H14FNO2S/c1-2-15(13,14)9-5-3-8(4-6-9)10(11)7-12/h3-6,10H,2,7,12H2,1H3. The quantitative estimate of drug-likeness (QED) is 0.853. The summed E-state index contributed by atoms with van der Waals surface area (Å²) in [5.41, 5.74) is 5.57. The summed E-state index contributed by atoms with van der Waals surface area (Å²) in [6.45, 7) is 1.47. The molecule has 1 unspecified atom stereocenters. The highest BCUT2D eigenvalue weighted by atomic mass is 32.2. The molecule has 0 heterocycles. The second-order valence-electron chi connectivity index (χ2n) is 3.18. The highest BCUT2D eigenvalue weighted by molar-refractivity contribution is 7.91. The minimum absolute atomic E-state index is 0.0439. The van der Waals surface area contributed by atoms with E-state index in [0.29, 0.717) is 5.56 Å². The zero-order chi connectivity index (χ0) is 11.5. The predicted molar refractivity (Wildman–Crippen MR) is 57.1 cm³/mol. The number of sulfone groups is 1. The SMILES string of the molecule is CCS(=O)(=O)c1ccc(C(F)CN)cc1. The molecule has 1 atom stereocenters. The Balaban J connectivity index is 3.00. The van der Waals surface area contributed by atoms with Gasteiger partial charge in [-0.2, -0.15) is 0 Å². The summed E-state index contributed by atoms with van der Waals surface area (Å²) in [5, 5.41) is 0. The molecule has 3 nitrogen and oxygen atoms in total. The molecule has 0 aliphatic rings. The molecule has 2 N–H and O–H groups in total. The summed E-state index contributed by atoms with van der Waals surface area (Å²) in [6.07, 6.45) is -1.23. The third kappa shape index (κ3) is 2.76. The van der Waals surface area contributed by atoms with Crippen LogP contribution in [0.3, 0.4) is 0 Å². The van der Waals surface area contributed by atoms with Gasteiger partial charge in [-0.25, -0.2) is 12.8 Å². The first-order valence-corrected chi connectivity index (χ1v) is 6.33. The zero-order valence-corrected chi connectivity index (χ0v) is 9.30. The van der Waals surface area contributed by atoms with Crippen molar-refractivity contribution in [3.8, 4) is 0 Å². The summed E-state index contributed by atoms with van der Waals surface area (Å²) in [7, 11) is -3.20. The van der Waals surface area contributed by atoms with Gasteiger partial charge in [-0.1, -0.05) is 19.1 Å². The minimum atomic E-state index is -3.20. The van der Waals surface area contributed by atoms with Crippen molar-refractivity contribution in [3.05, 3.63) is 29.8 Å². The summed E-state index contributed by atoms with van der Waals surface area (Å²) < 4.78 is 36.0. The summed E-state index contributed by atoms with van der Waals surface area (Å²) >= 11 is 0. The highest BCUT2D eigenvalue weighted by Gasteiger charge is 2.12. The normalized spacial score (nSPS) is 13.8. The summed E-state index contributed by atoms with van der Waals surface area (Å²) in [5.74, 6) is 0.0439. The molecule has 0 spiro atoms. The average Bonchev–Trinajstić information content (AvgIpc) is 2.28. The van der Waals surface area contributed by atoms with Gasteiger partial charge in [0.15, 0.2) is 9.84 Å². The topological polar surface area (TPSA) is 60.2 Å². The molecule has 0 radical (unpaired) electrons. The molecule has 0 saturated heterocycles. The number of alkyl halides is 1. The molecule has 0 saturated carbocycles. The average molecular weight is 231 g/mol. The van der Waals surface area contributed by atoms with Crippen LogP contribution in [0.15, 0.2) is 29.2 Å². The maximum Gasteiger partial charge on any atom is 0.178 e. The van der Waals surface area contributed by atoms with E-state index in [1.807, 2.05) is 0 Å². The summed E-state index contributed by atoms with van der Waals surface area (Å²) in [6, 6.07) is 5.74. The van der Waals surface area contributed by atoms with Crippen LogP contribution < -0.4 is 5.73 Å². The van der Waals surface area contributed by atoms with E-state index in [1.165, 1.54) is 24.3 Å². The highest BCUT2D eigenvalue weighted by Crippen LogP contribution is 2.19. The van der Waals surface area contributed by atoms with Crippen molar-refractivity contribution < 1.29 is 12.8 Å². The Morgan fingerprint density at radius 1 is 1.33 bits per heavy atom. The lowest BCUT2D eigenvalue weighted by Gasteiger charge is -2.06. The van der Waals surface area contributed by atoms with Crippen LogP contribution in [0.2, 0.25) is 0 Å². The Morgan fingerprint density at radius 2 is 1.87 bits per heavy atom. The van der Waals surface area contributed by atoms with Gasteiger partial charge in [0.05, 0.1) is 10.6 Å². The third-order valence-corrected chi connectivity index (χ3v) is 3.94. The minimum Gasteiger partial charge on any atom is -0.327 e. The Morgan fingerprint density at radius 3 is 2.27 bits per heavy atom. The van der Waals surface area contributed by atoms with Crippen molar-refractivity contribution in [2.24, 2.45) is 5.73 Å². The van der Waals surface area contributed by atoms with Crippen molar-refractivity contribution in [2.75, 3.05) is 12.3 Å². The first-order chi connectivity index (χ1) is 7.01. The van der Waals surface area contributed by atoms with E-state index in [0.717, 1.165) is 0 Å². The van der Waals surface area contributed by atoms with Crippen molar-refractivity contribution in [3.63, 3.8) is 0 Å². The van der Waals surface area contributed by atoms with Gasteiger partial charge in [0, 0.05) is 6.54 Å². The molecule has 84 valence electrons. The van der Waals surface area contributed by atoms with Crippen LogP contribution in [-0.4, -0.2) is 20.7 Å². The first-order valence-electron chi connectivity index (χ1n) is 4.68. The van der Waals surface area contributed by atoms with Crippen molar-refractivity contribution in [1.29, 1.82) is 0 Å². The second kappa shape index (κ2) is 4.72. The Bertz CT molecular complexity index is 414. The summed E-state index contributed by atoms with van der Waals surface area (Å²) in [4.78, 5) is 0.220. The molecule has 1 rings (SSSR count). The van der Waals surface area contributed by atoms with Gasteiger partial charge in [0.1, 0.15) is 6.17 Å². The van der Waals surface area contributed by atoms with E-state index in [4.69, 9.17) is 5.73 Å². The third-order valence-electron chi connectivity index (χ3n) is 2.19. The van der Waals surface area contributed by atoms with Crippen LogP contribution in [0.5, 0.6) is 0 Å². The van der Waals surface area contributed by atoms with Gasteiger partial charge in [-0.15, -0.1) is 0 Å². The lowest BCUT2D eigenvalue weighted by molar-refractivity contribution is 0.353. The smallest absolute Gasteiger partial charge is 0.178 e. The Kier molecular flexibility index (Phi) is 3.82. The lowest BCUT2D eigenvalue weighted by Crippen LogP contribution is -2.08. The van der Waals surface area contributed by atoms with Crippen LogP contribution in [0.1, 0.15) is 18.7 Å². The van der Waals surface area contributed by atoms with Gasteiger partial charge in [0.25, 0.3) is 0 Å². The Labute approximate surface area is 89.0 Å². The number of hydrogen-bond donors (Lipinski definition) is 1. The fourth-order valence-electron chi connectivity index (χ4n) is 1.19. The van der Waals surface area contributed by atoms with E-state index in [2.05, 4.69) is 0 Å². The molecule has 5 heteroatoms. The van der Waals surface area contributed by atoms with E-state index in [9.17, 15) is 12.8 Å². The molecule has 0 amide bonds. The molecule has 0 aliphatic heterocycles. The van der Waals surface area contributed by atoms with Crippen LogP contribution >= 0.6 is 0 Å². The number of nitrogens with two attached hydrogens (primary N) is 1. The predicted octanol–water partition coefficient (Wildman–Crippen LogP) is 1.45. The monoisotopic (exact) mass is 231 g/mol. The van der Waals surface area contributed by atoms with E-state index in [1.54, 1.807) is 6.92 Å². The van der Waals surface area contributed by atoms with Crippen molar-refractivity contribution in [2.45, 2.75) is 18.0 Å². The van der Waals surface area contributed by atoms with E-state index in [-0.39, 0.29) is 17.2 Å². The molecule has 1 aromatic rings. The molecule has 0 aromatic heterocycles. The second-order valence-corrected chi connectivity index (χ2v) is 5.45. The van der Waals surface area contributed by atoms with Crippen LogP contribution in [0, 0.1) is 0 Å². The van der Waals surface area contributed by atoms with Gasteiger partial charge in [-0.3, -0.25) is 0 Å². The molecule has 1 aromatic carbocycles. The van der Waals surface area contributed by atoms with Gasteiger partial charge in [-0.05, 0) is 17.7 Å². The van der Waals surface area contributed by atoms with Crippen LogP contribution in [0.25, 0.3) is 0 Å². The number of rotatable bonds is 4. The van der Waals surface area contributed by atoms with Crippen molar-refractivity contribution in [1.82, 2.24) is 0 Å². The largest absolute Gasteiger partial charge is 0.327 e. The fourth-order valence-corrected chi connectivity index (χ4v) is 2.07. The molecular weight excluding hydrogens is 217 g/mol. The molecular formula is C10H14FNO2S. The van der Waals surface area contributed by atoms with Gasteiger partial charge in [0.2, 0.25) is 0 Å². The molecule has 0 aliphatic carbocycles. The van der Waals surface area contributed by atoms with Crippen molar-refractivity contribution >= 4 is 9.84 Å². The number of benzene rings is 1. The van der Waals surface area contributed by atoms with Gasteiger partial charge < -0.3 is 5.73 Å².